The first kappa shape index (κ1) is 13.4. The summed E-state index contributed by atoms with van der Waals surface area (Å²) in [5.41, 5.74) is 2.71. The highest BCUT2D eigenvalue weighted by Gasteiger charge is 2.17. The van der Waals surface area contributed by atoms with Gasteiger partial charge in [0.1, 0.15) is 6.20 Å². The van der Waals surface area contributed by atoms with Gasteiger partial charge in [0.05, 0.1) is 4.92 Å². The highest BCUT2D eigenvalue weighted by Crippen LogP contribution is 2.26. The van der Waals surface area contributed by atoms with Crippen molar-refractivity contribution in [1.29, 1.82) is 0 Å². The van der Waals surface area contributed by atoms with Crippen molar-refractivity contribution in [2.45, 2.75) is 0 Å². The fraction of sp³-hybridized carbons (Fsp3) is 0. The summed E-state index contributed by atoms with van der Waals surface area (Å²) in [7, 11) is 0. The summed E-state index contributed by atoms with van der Waals surface area (Å²) in [5, 5.41) is 13.8. The molecule has 8 nitrogen and oxygen atoms in total. The number of nitro groups is 1. The molecule has 1 aromatic heterocycles. The van der Waals surface area contributed by atoms with Crippen LogP contribution in [0.3, 0.4) is 0 Å². The molecule has 0 spiro atoms. The summed E-state index contributed by atoms with van der Waals surface area (Å²) in [6.45, 7) is 0. The van der Waals surface area contributed by atoms with E-state index < -0.39 is 4.92 Å². The molecule has 0 fully saturated rings. The van der Waals surface area contributed by atoms with Crippen LogP contribution < -0.4 is 16.6 Å². The molecule has 1 aromatic carbocycles. The molecule has 2 rings (SSSR count). The Bertz CT molecular complexity index is 621. The summed E-state index contributed by atoms with van der Waals surface area (Å²) in [4.78, 5) is 18.0. The maximum atomic E-state index is 10.9. The van der Waals surface area contributed by atoms with Gasteiger partial charge in [0.2, 0.25) is 11.8 Å². The van der Waals surface area contributed by atoms with E-state index in [1.54, 1.807) is 6.07 Å². The quantitative estimate of drug-likeness (QED) is 0.325. The van der Waals surface area contributed by atoms with Crippen LogP contribution in [-0.2, 0) is 0 Å². The van der Waals surface area contributed by atoms with Crippen molar-refractivity contribution < 1.29 is 4.92 Å². The topological polar surface area (TPSA) is 119 Å². The average molecular weight is 372 g/mol. The Morgan fingerprint density at radius 2 is 2.21 bits per heavy atom. The van der Waals surface area contributed by atoms with Gasteiger partial charge in [-0.05, 0) is 40.8 Å². The second-order valence-electron chi connectivity index (χ2n) is 3.46. The van der Waals surface area contributed by atoms with E-state index in [1.807, 2.05) is 18.2 Å². The summed E-state index contributed by atoms with van der Waals surface area (Å²) in [6, 6.07) is 7.36. The lowest BCUT2D eigenvalue weighted by atomic mass is 10.3. The smallest absolute Gasteiger partial charge is 0.329 e. The van der Waals surface area contributed by atoms with Gasteiger partial charge in [-0.3, -0.25) is 15.5 Å². The summed E-state index contributed by atoms with van der Waals surface area (Å²) in [5.74, 6) is 5.36. The molecule has 0 amide bonds. The molecule has 9 heteroatoms. The van der Waals surface area contributed by atoms with Crippen LogP contribution in [0.2, 0.25) is 0 Å². The number of nitrogens with two attached hydrogens (primary N) is 1. The molecule has 0 bridgehead atoms. The van der Waals surface area contributed by atoms with Crippen LogP contribution in [0.5, 0.6) is 0 Å². The Labute approximate surface area is 121 Å². The number of rotatable bonds is 4. The van der Waals surface area contributed by atoms with E-state index in [0.717, 1.165) is 9.77 Å². The fourth-order valence-corrected chi connectivity index (χ4v) is 1.92. The van der Waals surface area contributed by atoms with E-state index in [9.17, 15) is 10.1 Å². The van der Waals surface area contributed by atoms with E-state index in [0.29, 0.717) is 5.69 Å². The molecule has 0 aliphatic rings. The van der Waals surface area contributed by atoms with Gasteiger partial charge < -0.3 is 5.32 Å². The Morgan fingerprint density at radius 1 is 1.42 bits per heavy atom. The zero-order valence-corrected chi connectivity index (χ0v) is 11.7. The minimum atomic E-state index is -0.559. The number of anilines is 3. The normalized spacial score (nSPS) is 10.0. The van der Waals surface area contributed by atoms with Crippen LogP contribution in [0.25, 0.3) is 0 Å². The third-order valence-electron chi connectivity index (χ3n) is 2.18. The maximum Gasteiger partial charge on any atom is 0.329 e. The number of nitrogen functional groups attached to an aromatic ring is 1. The van der Waals surface area contributed by atoms with E-state index >= 15 is 0 Å². The molecule has 0 radical (unpaired) electrons. The van der Waals surface area contributed by atoms with Crippen molar-refractivity contribution in [3.05, 3.63) is 44.1 Å². The van der Waals surface area contributed by atoms with Crippen molar-refractivity contribution in [2.24, 2.45) is 5.84 Å². The number of benzene rings is 1. The SMILES string of the molecule is NNc1ncc([N+](=O)[O-])c(Nc2cccc(I)c2)n1. The molecule has 0 aliphatic heterocycles. The number of nitrogens with one attached hydrogen (secondary N) is 2. The predicted molar refractivity (Wildman–Crippen MR) is 78.9 cm³/mol. The lowest BCUT2D eigenvalue weighted by Crippen LogP contribution is -2.12. The number of hydrogen-bond donors (Lipinski definition) is 3. The van der Waals surface area contributed by atoms with Gasteiger partial charge in [0, 0.05) is 9.26 Å². The second-order valence-corrected chi connectivity index (χ2v) is 4.71. The molecule has 4 N–H and O–H groups in total. The molecule has 98 valence electrons. The van der Waals surface area contributed by atoms with Crippen LogP contribution in [0.1, 0.15) is 0 Å². The molecule has 0 atom stereocenters. The van der Waals surface area contributed by atoms with Gasteiger partial charge in [-0.15, -0.1) is 0 Å². The zero-order chi connectivity index (χ0) is 13.8. The molecule has 0 aliphatic carbocycles. The van der Waals surface area contributed by atoms with E-state index in [1.165, 1.54) is 0 Å². The molecule has 2 aromatic rings. The first-order valence-electron chi connectivity index (χ1n) is 5.11. The molecule has 0 saturated carbocycles. The van der Waals surface area contributed by atoms with Crippen molar-refractivity contribution in [1.82, 2.24) is 9.97 Å². The second kappa shape index (κ2) is 5.75. The van der Waals surface area contributed by atoms with E-state index in [4.69, 9.17) is 5.84 Å². The number of hydrazine groups is 1. The first-order chi connectivity index (χ1) is 9.10. The first-order valence-corrected chi connectivity index (χ1v) is 6.18. The Balaban J connectivity index is 2.39. The number of nitrogens with zero attached hydrogens (tertiary/aromatic N) is 3. The van der Waals surface area contributed by atoms with Crippen LogP contribution in [0.15, 0.2) is 30.5 Å². The van der Waals surface area contributed by atoms with Gasteiger partial charge >= 0.3 is 5.69 Å². The van der Waals surface area contributed by atoms with Crippen molar-refractivity contribution >= 4 is 45.7 Å². The number of aromatic nitrogens is 2. The van der Waals surface area contributed by atoms with Crippen LogP contribution in [0.4, 0.5) is 23.1 Å². The molecular weight excluding hydrogens is 363 g/mol. The lowest BCUT2D eigenvalue weighted by Gasteiger charge is -2.07. The van der Waals surface area contributed by atoms with Crippen LogP contribution >= 0.6 is 22.6 Å². The summed E-state index contributed by atoms with van der Waals surface area (Å²) < 4.78 is 0.997. The van der Waals surface area contributed by atoms with Crippen molar-refractivity contribution in [3.63, 3.8) is 0 Å². The van der Waals surface area contributed by atoms with Crippen molar-refractivity contribution in [3.8, 4) is 0 Å². The van der Waals surface area contributed by atoms with Crippen molar-refractivity contribution in [2.75, 3.05) is 10.7 Å². The highest BCUT2D eigenvalue weighted by molar-refractivity contribution is 14.1. The molecule has 19 heavy (non-hydrogen) atoms. The summed E-state index contributed by atoms with van der Waals surface area (Å²) >= 11 is 2.15. The number of hydrogen-bond acceptors (Lipinski definition) is 7. The highest BCUT2D eigenvalue weighted by atomic mass is 127. The molecule has 0 saturated heterocycles. The van der Waals surface area contributed by atoms with Gasteiger partial charge in [-0.25, -0.2) is 10.8 Å². The Hall–Kier alpha value is -2.01. The number of halogens is 1. The zero-order valence-electron chi connectivity index (χ0n) is 9.50. The molecule has 1 heterocycles. The van der Waals surface area contributed by atoms with Crippen LogP contribution in [0, 0.1) is 13.7 Å². The lowest BCUT2D eigenvalue weighted by molar-refractivity contribution is -0.384. The maximum absolute atomic E-state index is 10.9. The third kappa shape index (κ3) is 3.26. The monoisotopic (exact) mass is 372 g/mol. The fourth-order valence-electron chi connectivity index (χ4n) is 1.37. The minimum Gasteiger partial charge on any atom is -0.334 e. The van der Waals surface area contributed by atoms with E-state index in [2.05, 4.69) is 43.3 Å². The Morgan fingerprint density at radius 3 is 2.84 bits per heavy atom. The average Bonchev–Trinajstić information content (AvgIpc) is 2.38. The van der Waals surface area contributed by atoms with Gasteiger partial charge in [-0.2, -0.15) is 4.98 Å². The van der Waals surface area contributed by atoms with Gasteiger partial charge in [0.25, 0.3) is 0 Å². The summed E-state index contributed by atoms with van der Waals surface area (Å²) in [6.07, 6.45) is 1.10. The Kier molecular flexibility index (Phi) is 4.06. The molecule has 0 unspecified atom stereocenters. The molecular formula is C10H9IN6O2. The van der Waals surface area contributed by atoms with Gasteiger partial charge in [-0.1, -0.05) is 6.07 Å². The third-order valence-corrected chi connectivity index (χ3v) is 2.85. The van der Waals surface area contributed by atoms with Crippen LogP contribution in [-0.4, -0.2) is 14.9 Å². The largest absolute Gasteiger partial charge is 0.334 e. The minimum absolute atomic E-state index is 0.0787. The standard InChI is InChI=1S/C10H9IN6O2/c11-6-2-1-3-7(4-6)14-9-8(17(18)19)5-13-10(15-9)16-12/h1-5H,12H2,(H2,13,14,15,16). The van der Waals surface area contributed by atoms with E-state index in [-0.39, 0.29) is 17.5 Å². The van der Waals surface area contributed by atoms with Gasteiger partial charge in [0.15, 0.2) is 0 Å². The predicted octanol–water partition coefficient (Wildman–Crippen LogP) is 2.02.